The monoisotopic (exact) mass is 336 g/mol. The zero-order chi connectivity index (χ0) is 14.7. The van der Waals surface area contributed by atoms with Gasteiger partial charge in [0.25, 0.3) is 5.91 Å². The third-order valence-electron chi connectivity index (χ3n) is 2.86. The lowest BCUT2D eigenvalue weighted by molar-refractivity contribution is -0.117. The first-order valence-electron chi connectivity index (χ1n) is 6.04. The van der Waals surface area contributed by atoms with Crippen LogP contribution in [0.15, 0.2) is 22.2 Å². The summed E-state index contributed by atoms with van der Waals surface area (Å²) in [5, 5.41) is 21.5. The molecule has 1 aromatic rings. The van der Waals surface area contributed by atoms with E-state index in [9.17, 15) is 9.90 Å². The number of aromatic hydroxyl groups is 1. The summed E-state index contributed by atoms with van der Waals surface area (Å²) < 4.78 is 5.46. The molecule has 1 aliphatic rings. The molecule has 0 unspecified atom stereocenters. The molecular weight excluding hydrogens is 324 g/mol. The number of nitrogens with one attached hydrogen (secondary N) is 1. The topological polar surface area (TPSA) is 82.3 Å². The van der Waals surface area contributed by atoms with E-state index >= 15 is 0 Å². The number of ether oxygens (including phenoxy) is 1. The van der Waals surface area contributed by atoms with E-state index in [0.717, 1.165) is 12.8 Å². The number of benzene rings is 1. The highest BCUT2D eigenvalue weighted by molar-refractivity contribution is 9.10. The van der Waals surface area contributed by atoms with Gasteiger partial charge in [-0.05, 0) is 52.5 Å². The van der Waals surface area contributed by atoms with Crippen LogP contribution in [0.2, 0.25) is 0 Å². The van der Waals surface area contributed by atoms with Gasteiger partial charge in [-0.25, -0.2) is 0 Å². The number of nitrogens with zero attached hydrogens (tertiary/aromatic N) is 1. The summed E-state index contributed by atoms with van der Waals surface area (Å²) in [6.07, 6.45) is 3.39. The molecule has 6 heteroatoms. The molecule has 0 aromatic heterocycles. The molecule has 0 spiro atoms. The number of methoxy groups -OCH3 is 1. The van der Waals surface area contributed by atoms with E-state index in [1.165, 1.54) is 13.2 Å². The summed E-state index contributed by atoms with van der Waals surface area (Å²) in [6, 6.07) is 5.25. The molecule has 1 saturated carbocycles. The van der Waals surface area contributed by atoms with Crippen LogP contribution in [0.5, 0.6) is 11.5 Å². The van der Waals surface area contributed by atoms with E-state index in [1.807, 2.05) is 6.07 Å². The van der Waals surface area contributed by atoms with Gasteiger partial charge in [0, 0.05) is 6.04 Å². The third-order valence-corrected chi connectivity index (χ3v) is 3.46. The first kappa shape index (κ1) is 14.4. The van der Waals surface area contributed by atoms with Crippen molar-refractivity contribution in [3.05, 3.63) is 27.7 Å². The van der Waals surface area contributed by atoms with Gasteiger partial charge >= 0.3 is 0 Å². The lowest BCUT2D eigenvalue weighted by Gasteiger charge is -2.07. The number of carbonyl (C=O) groups excluding carboxylic acids is 1. The molecule has 5 nitrogen and oxygen atoms in total. The SMILES string of the molecule is COc1cc(/C=C(\C#N)C(=O)NC2CC2)cc(Br)c1O. The van der Waals surface area contributed by atoms with Crippen LogP contribution < -0.4 is 10.1 Å². The maximum atomic E-state index is 11.8. The van der Waals surface area contributed by atoms with Crippen LogP contribution in [0.1, 0.15) is 18.4 Å². The molecule has 2 N–H and O–H groups in total. The van der Waals surface area contributed by atoms with Crippen molar-refractivity contribution in [2.24, 2.45) is 0 Å². The molecule has 0 radical (unpaired) electrons. The van der Waals surface area contributed by atoms with E-state index in [2.05, 4.69) is 21.2 Å². The molecule has 1 amide bonds. The van der Waals surface area contributed by atoms with Crippen molar-refractivity contribution >= 4 is 27.9 Å². The Balaban J connectivity index is 2.29. The first-order valence-corrected chi connectivity index (χ1v) is 6.83. The molecule has 0 aliphatic heterocycles. The van der Waals surface area contributed by atoms with Gasteiger partial charge in [0.15, 0.2) is 11.5 Å². The van der Waals surface area contributed by atoms with Crippen LogP contribution in [0, 0.1) is 11.3 Å². The van der Waals surface area contributed by atoms with Crippen LogP contribution >= 0.6 is 15.9 Å². The van der Waals surface area contributed by atoms with E-state index in [1.54, 1.807) is 12.1 Å². The fourth-order valence-electron chi connectivity index (χ4n) is 1.64. The molecule has 0 bridgehead atoms. The van der Waals surface area contributed by atoms with Crippen molar-refractivity contribution in [3.63, 3.8) is 0 Å². The lowest BCUT2D eigenvalue weighted by Crippen LogP contribution is -2.26. The highest BCUT2D eigenvalue weighted by Gasteiger charge is 2.24. The molecule has 2 rings (SSSR count). The predicted molar refractivity (Wildman–Crippen MR) is 77.1 cm³/mol. The Morgan fingerprint density at radius 3 is 2.85 bits per heavy atom. The molecule has 20 heavy (non-hydrogen) atoms. The maximum Gasteiger partial charge on any atom is 0.262 e. The Morgan fingerprint density at radius 1 is 1.60 bits per heavy atom. The summed E-state index contributed by atoms with van der Waals surface area (Å²) in [5.41, 5.74) is 0.616. The van der Waals surface area contributed by atoms with E-state index in [-0.39, 0.29) is 29.0 Å². The average Bonchev–Trinajstić information content (AvgIpc) is 3.23. The third kappa shape index (κ3) is 3.31. The summed E-state index contributed by atoms with van der Waals surface area (Å²) in [6.45, 7) is 0. The van der Waals surface area contributed by atoms with Crippen molar-refractivity contribution in [1.29, 1.82) is 5.26 Å². The molecule has 1 fully saturated rings. The fraction of sp³-hybridized carbons (Fsp3) is 0.286. The van der Waals surface area contributed by atoms with Gasteiger partial charge in [-0.15, -0.1) is 0 Å². The van der Waals surface area contributed by atoms with Crippen molar-refractivity contribution in [3.8, 4) is 17.6 Å². The number of carbonyl (C=O) groups is 1. The quantitative estimate of drug-likeness (QED) is 0.653. The first-order chi connectivity index (χ1) is 9.55. The minimum absolute atomic E-state index is 0.0226. The van der Waals surface area contributed by atoms with Crippen molar-refractivity contribution < 1.29 is 14.6 Å². The molecule has 0 saturated heterocycles. The smallest absolute Gasteiger partial charge is 0.262 e. The lowest BCUT2D eigenvalue weighted by atomic mass is 10.1. The van der Waals surface area contributed by atoms with E-state index < -0.39 is 0 Å². The van der Waals surface area contributed by atoms with E-state index in [0.29, 0.717) is 10.0 Å². The number of phenols is 1. The molecule has 0 atom stereocenters. The zero-order valence-corrected chi connectivity index (χ0v) is 12.4. The van der Waals surface area contributed by atoms with Gasteiger partial charge < -0.3 is 15.2 Å². The Morgan fingerprint density at radius 2 is 2.30 bits per heavy atom. The average molecular weight is 337 g/mol. The number of amides is 1. The Labute approximate surface area is 125 Å². The fourth-order valence-corrected chi connectivity index (χ4v) is 2.10. The largest absolute Gasteiger partial charge is 0.503 e. The molecule has 104 valence electrons. The number of halogens is 1. The summed E-state index contributed by atoms with van der Waals surface area (Å²) in [7, 11) is 1.43. The van der Waals surface area contributed by atoms with Crippen molar-refractivity contribution in [1.82, 2.24) is 5.32 Å². The van der Waals surface area contributed by atoms with Gasteiger partial charge in [-0.2, -0.15) is 5.26 Å². The number of phenolic OH excluding ortho intramolecular Hbond substituents is 1. The number of rotatable bonds is 4. The second-order valence-electron chi connectivity index (χ2n) is 4.47. The van der Waals surface area contributed by atoms with Gasteiger partial charge in [0.05, 0.1) is 11.6 Å². The second-order valence-corrected chi connectivity index (χ2v) is 5.33. The van der Waals surface area contributed by atoms with E-state index in [4.69, 9.17) is 10.00 Å². The summed E-state index contributed by atoms with van der Waals surface area (Å²) >= 11 is 3.19. The summed E-state index contributed by atoms with van der Waals surface area (Å²) in [5.74, 6) is -0.130. The van der Waals surface area contributed by atoms with Crippen LogP contribution in [0.4, 0.5) is 0 Å². The van der Waals surface area contributed by atoms with Gasteiger partial charge in [0.1, 0.15) is 11.6 Å². The number of nitriles is 1. The molecule has 1 aliphatic carbocycles. The highest BCUT2D eigenvalue weighted by atomic mass is 79.9. The van der Waals surface area contributed by atoms with Gasteiger partial charge in [-0.1, -0.05) is 0 Å². The summed E-state index contributed by atoms with van der Waals surface area (Å²) in [4.78, 5) is 11.8. The normalized spacial score (nSPS) is 14.6. The van der Waals surface area contributed by atoms with Gasteiger partial charge in [0.2, 0.25) is 0 Å². The standard InChI is InChI=1S/C14H13BrN2O3/c1-20-12-6-8(5-11(15)13(12)18)4-9(7-16)14(19)17-10-2-3-10/h4-6,10,18H,2-3H2,1H3,(H,17,19)/b9-4+. The number of hydrogen-bond acceptors (Lipinski definition) is 4. The van der Waals surface area contributed by atoms with Gasteiger partial charge in [-0.3, -0.25) is 4.79 Å². The van der Waals surface area contributed by atoms with Crippen LogP contribution in [-0.2, 0) is 4.79 Å². The maximum absolute atomic E-state index is 11.8. The zero-order valence-electron chi connectivity index (χ0n) is 10.8. The Hall–Kier alpha value is -2.00. The van der Waals surface area contributed by atoms with Crippen LogP contribution in [-0.4, -0.2) is 24.2 Å². The molecule has 0 heterocycles. The Bertz CT molecular complexity index is 616. The minimum Gasteiger partial charge on any atom is -0.503 e. The Kier molecular flexibility index (Phi) is 4.30. The van der Waals surface area contributed by atoms with Crippen molar-refractivity contribution in [2.75, 3.05) is 7.11 Å². The molecular formula is C14H13BrN2O3. The minimum atomic E-state index is -0.377. The van der Waals surface area contributed by atoms with Crippen LogP contribution in [0.25, 0.3) is 6.08 Å². The highest BCUT2D eigenvalue weighted by Crippen LogP contribution is 2.35. The van der Waals surface area contributed by atoms with Crippen molar-refractivity contribution in [2.45, 2.75) is 18.9 Å². The second kappa shape index (κ2) is 5.97. The predicted octanol–water partition coefficient (Wildman–Crippen LogP) is 2.35. The van der Waals surface area contributed by atoms with Crippen LogP contribution in [0.3, 0.4) is 0 Å². The number of hydrogen-bond donors (Lipinski definition) is 2. The molecule has 1 aromatic carbocycles.